The Bertz CT molecular complexity index is 927. The molecule has 2 heterocycles. The van der Waals surface area contributed by atoms with Gasteiger partial charge in [-0.15, -0.1) is 10.2 Å². The van der Waals surface area contributed by atoms with E-state index >= 15 is 0 Å². The molecular weight excluding hydrogens is 312 g/mol. The molecule has 114 valence electrons. The number of aromatic nitrogens is 6. The van der Waals surface area contributed by atoms with Crippen molar-refractivity contribution in [2.24, 2.45) is 0 Å². The van der Waals surface area contributed by atoms with Gasteiger partial charge >= 0.3 is 0 Å². The molecule has 23 heavy (non-hydrogen) atoms. The number of rotatable bonds is 4. The molecule has 0 radical (unpaired) electrons. The van der Waals surface area contributed by atoms with Crippen molar-refractivity contribution < 1.29 is 0 Å². The second kappa shape index (κ2) is 5.81. The molecule has 0 aliphatic heterocycles. The number of aromatic amines is 1. The average Bonchev–Trinajstić information content (AvgIpc) is 3.22. The Balaban J connectivity index is 1.68. The van der Waals surface area contributed by atoms with Crippen LogP contribution in [0.3, 0.4) is 0 Å². The lowest BCUT2D eigenvalue weighted by atomic mass is 10.1. The standard InChI is InChI=1S/C16H13ClN6/c17-12-7-5-11(6-8-12)9-10-23-14-4-2-1-3-13(14)15(20-23)16-18-21-22-19-16/h1-8H,9-10H2,(H,18,19,21,22). The maximum Gasteiger partial charge on any atom is 0.225 e. The van der Waals surface area contributed by atoms with Crippen LogP contribution in [0.15, 0.2) is 48.5 Å². The second-order valence-electron chi connectivity index (χ2n) is 5.20. The molecule has 4 rings (SSSR count). The minimum Gasteiger partial charge on any atom is -0.264 e. The summed E-state index contributed by atoms with van der Waals surface area (Å²) in [6, 6.07) is 15.9. The highest BCUT2D eigenvalue weighted by Gasteiger charge is 2.15. The van der Waals surface area contributed by atoms with E-state index in [9.17, 15) is 0 Å². The molecule has 0 aliphatic carbocycles. The highest BCUT2D eigenvalue weighted by atomic mass is 35.5. The van der Waals surface area contributed by atoms with Crippen LogP contribution in [0.25, 0.3) is 22.4 Å². The number of fused-ring (bicyclic) bond motifs is 1. The molecule has 0 fully saturated rings. The van der Waals surface area contributed by atoms with E-state index in [0.29, 0.717) is 5.82 Å². The Hall–Kier alpha value is -2.73. The Labute approximate surface area is 137 Å². The summed E-state index contributed by atoms with van der Waals surface area (Å²) in [6.45, 7) is 0.764. The zero-order valence-corrected chi connectivity index (χ0v) is 12.9. The van der Waals surface area contributed by atoms with Crippen molar-refractivity contribution in [1.29, 1.82) is 0 Å². The molecule has 4 aromatic rings. The van der Waals surface area contributed by atoms with Crippen molar-refractivity contribution in [2.45, 2.75) is 13.0 Å². The molecule has 0 saturated carbocycles. The highest BCUT2D eigenvalue weighted by Crippen LogP contribution is 2.25. The Morgan fingerprint density at radius 2 is 1.87 bits per heavy atom. The summed E-state index contributed by atoms with van der Waals surface area (Å²) in [5.41, 5.74) is 3.02. The first-order valence-electron chi connectivity index (χ1n) is 7.25. The van der Waals surface area contributed by atoms with Crippen LogP contribution in [-0.2, 0) is 13.0 Å². The molecule has 6 nitrogen and oxygen atoms in total. The van der Waals surface area contributed by atoms with Crippen LogP contribution in [0.2, 0.25) is 5.02 Å². The Morgan fingerprint density at radius 3 is 2.65 bits per heavy atom. The number of benzene rings is 2. The smallest absolute Gasteiger partial charge is 0.225 e. The Morgan fingerprint density at radius 1 is 1.04 bits per heavy atom. The van der Waals surface area contributed by atoms with Crippen molar-refractivity contribution in [3.8, 4) is 11.5 Å². The van der Waals surface area contributed by atoms with Gasteiger partial charge < -0.3 is 0 Å². The molecule has 2 aromatic heterocycles. The van der Waals surface area contributed by atoms with E-state index in [1.807, 2.05) is 53.2 Å². The van der Waals surface area contributed by atoms with Crippen molar-refractivity contribution in [1.82, 2.24) is 30.4 Å². The van der Waals surface area contributed by atoms with Crippen molar-refractivity contribution in [3.63, 3.8) is 0 Å². The second-order valence-corrected chi connectivity index (χ2v) is 5.64. The number of halogens is 1. The van der Waals surface area contributed by atoms with Crippen molar-refractivity contribution in [3.05, 3.63) is 59.1 Å². The van der Waals surface area contributed by atoms with Crippen LogP contribution in [0.5, 0.6) is 0 Å². The van der Waals surface area contributed by atoms with Gasteiger partial charge in [-0.2, -0.15) is 10.3 Å². The first kappa shape index (κ1) is 13.9. The van der Waals surface area contributed by atoms with Crippen LogP contribution < -0.4 is 0 Å². The molecule has 0 spiro atoms. The van der Waals surface area contributed by atoms with Crippen LogP contribution in [-0.4, -0.2) is 30.4 Å². The van der Waals surface area contributed by atoms with Crippen LogP contribution in [0.1, 0.15) is 5.56 Å². The van der Waals surface area contributed by atoms with Gasteiger partial charge in [0.1, 0.15) is 5.69 Å². The van der Waals surface area contributed by atoms with E-state index in [4.69, 9.17) is 11.6 Å². The Kier molecular flexibility index (Phi) is 3.51. The minimum absolute atomic E-state index is 0.506. The maximum atomic E-state index is 5.93. The topological polar surface area (TPSA) is 72.3 Å². The summed E-state index contributed by atoms with van der Waals surface area (Å²) < 4.78 is 1.98. The van der Waals surface area contributed by atoms with Crippen LogP contribution in [0.4, 0.5) is 0 Å². The molecule has 7 heteroatoms. The fraction of sp³-hybridized carbons (Fsp3) is 0.125. The van der Waals surface area contributed by atoms with Gasteiger partial charge in [0.25, 0.3) is 0 Å². The number of H-pyrrole nitrogens is 1. The quantitative estimate of drug-likeness (QED) is 0.626. The van der Waals surface area contributed by atoms with Gasteiger partial charge in [-0.3, -0.25) is 4.68 Å². The van der Waals surface area contributed by atoms with Gasteiger partial charge in [0, 0.05) is 17.0 Å². The van der Waals surface area contributed by atoms with E-state index in [1.54, 1.807) is 0 Å². The number of para-hydroxylation sites is 1. The molecule has 2 aromatic carbocycles. The number of hydrogen-bond acceptors (Lipinski definition) is 4. The third kappa shape index (κ3) is 2.68. The molecule has 0 bridgehead atoms. The summed E-state index contributed by atoms with van der Waals surface area (Å²) in [4.78, 5) is 0. The summed E-state index contributed by atoms with van der Waals surface area (Å²) in [5, 5.41) is 20.6. The minimum atomic E-state index is 0.506. The molecule has 0 amide bonds. The van der Waals surface area contributed by atoms with Crippen LogP contribution >= 0.6 is 11.6 Å². The summed E-state index contributed by atoms with van der Waals surface area (Å²) in [7, 11) is 0. The predicted molar refractivity (Wildman–Crippen MR) is 88.1 cm³/mol. The highest BCUT2D eigenvalue weighted by molar-refractivity contribution is 6.30. The molecule has 0 saturated heterocycles. The molecule has 0 aliphatic rings. The van der Waals surface area contributed by atoms with Gasteiger partial charge in [-0.05, 0) is 35.4 Å². The van der Waals surface area contributed by atoms with E-state index in [0.717, 1.165) is 34.6 Å². The van der Waals surface area contributed by atoms with E-state index in [-0.39, 0.29) is 0 Å². The number of nitrogens with zero attached hydrogens (tertiary/aromatic N) is 5. The number of aryl methyl sites for hydroxylation is 2. The van der Waals surface area contributed by atoms with E-state index in [1.165, 1.54) is 5.56 Å². The van der Waals surface area contributed by atoms with Gasteiger partial charge in [0.15, 0.2) is 0 Å². The normalized spacial score (nSPS) is 11.2. The summed E-state index contributed by atoms with van der Waals surface area (Å²) in [6.07, 6.45) is 0.870. The first-order chi connectivity index (χ1) is 11.3. The number of hydrogen-bond donors (Lipinski definition) is 1. The van der Waals surface area contributed by atoms with Crippen LogP contribution in [0, 0.1) is 0 Å². The average molecular weight is 325 g/mol. The monoisotopic (exact) mass is 324 g/mol. The number of nitrogens with one attached hydrogen (secondary N) is 1. The number of tetrazole rings is 1. The third-order valence-corrected chi connectivity index (χ3v) is 3.99. The fourth-order valence-corrected chi connectivity index (χ4v) is 2.74. The maximum absolute atomic E-state index is 5.93. The SMILES string of the molecule is Clc1ccc(CCn2nc(-c3nn[nH]n3)c3ccccc32)cc1. The van der Waals surface area contributed by atoms with Gasteiger partial charge in [-0.1, -0.05) is 41.9 Å². The van der Waals surface area contributed by atoms with Crippen molar-refractivity contribution in [2.75, 3.05) is 0 Å². The van der Waals surface area contributed by atoms with Crippen molar-refractivity contribution >= 4 is 22.5 Å². The van der Waals surface area contributed by atoms with E-state index in [2.05, 4.69) is 25.7 Å². The molecule has 1 N–H and O–H groups in total. The lowest BCUT2D eigenvalue weighted by molar-refractivity contribution is 0.637. The molecular formula is C16H13ClN6. The lowest BCUT2D eigenvalue weighted by Crippen LogP contribution is -2.03. The summed E-state index contributed by atoms with van der Waals surface area (Å²) >= 11 is 5.93. The predicted octanol–water partition coefficient (Wildman–Crippen LogP) is 3.11. The molecule has 0 unspecified atom stereocenters. The zero-order chi connectivity index (χ0) is 15.6. The van der Waals surface area contributed by atoms with Gasteiger partial charge in [-0.25, -0.2) is 0 Å². The largest absolute Gasteiger partial charge is 0.264 e. The fourth-order valence-electron chi connectivity index (χ4n) is 2.61. The van der Waals surface area contributed by atoms with Gasteiger partial charge in [0.2, 0.25) is 5.82 Å². The third-order valence-electron chi connectivity index (χ3n) is 3.74. The zero-order valence-electron chi connectivity index (χ0n) is 12.1. The first-order valence-corrected chi connectivity index (χ1v) is 7.63. The van der Waals surface area contributed by atoms with Gasteiger partial charge in [0.05, 0.1) is 5.52 Å². The lowest BCUT2D eigenvalue weighted by Gasteiger charge is -2.04. The summed E-state index contributed by atoms with van der Waals surface area (Å²) in [5.74, 6) is 0.506. The molecule has 0 atom stereocenters. The van der Waals surface area contributed by atoms with E-state index < -0.39 is 0 Å².